The Morgan fingerprint density at radius 1 is 1.07 bits per heavy atom. The second kappa shape index (κ2) is 9.43. The van der Waals surface area contributed by atoms with E-state index in [2.05, 4.69) is 20.1 Å². The number of carbonyl (C=O) groups excluding carboxylic acids is 2. The van der Waals surface area contributed by atoms with Crippen molar-refractivity contribution < 1.29 is 14.3 Å². The van der Waals surface area contributed by atoms with Gasteiger partial charge in [0.1, 0.15) is 0 Å². The predicted octanol–water partition coefficient (Wildman–Crippen LogP) is 2.05. The first-order chi connectivity index (χ1) is 13.5. The second-order valence-corrected chi connectivity index (χ2v) is 6.91. The molecule has 0 spiro atoms. The minimum absolute atomic E-state index is 0.0160. The molecule has 0 saturated carbocycles. The molecule has 7 nitrogen and oxygen atoms in total. The molecule has 0 aliphatic carbocycles. The number of nitrogens with zero attached hydrogens (tertiary/aromatic N) is 3. The minimum Gasteiger partial charge on any atom is -0.481 e. The summed E-state index contributed by atoms with van der Waals surface area (Å²) in [6.45, 7) is 6.04. The molecule has 0 unspecified atom stereocenters. The van der Waals surface area contributed by atoms with Crippen LogP contribution in [0.25, 0.3) is 0 Å². The van der Waals surface area contributed by atoms with Gasteiger partial charge in [-0.15, -0.1) is 0 Å². The lowest BCUT2D eigenvalue weighted by Crippen LogP contribution is -2.48. The maximum Gasteiger partial charge on any atom is 0.238 e. The number of nitrogens with one attached hydrogen (secondary N) is 1. The van der Waals surface area contributed by atoms with Crippen LogP contribution in [-0.4, -0.2) is 66.3 Å². The lowest BCUT2D eigenvalue weighted by Gasteiger charge is -2.34. The van der Waals surface area contributed by atoms with E-state index in [1.807, 2.05) is 18.2 Å². The van der Waals surface area contributed by atoms with Crippen LogP contribution < -0.4 is 10.1 Å². The van der Waals surface area contributed by atoms with E-state index in [-0.39, 0.29) is 11.7 Å². The van der Waals surface area contributed by atoms with Crippen molar-refractivity contribution in [1.82, 2.24) is 14.8 Å². The smallest absolute Gasteiger partial charge is 0.238 e. The lowest BCUT2D eigenvalue weighted by molar-refractivity contribution is -0.117. The topological polar surface area (TPSA) is 74.8 Å². The van der Waals surface area contributed by atoms with Crippen LogP contribution in [0.4, 0.5) is 5.69 Å². The Labute approximate surface area is 165 Å². The Kier molecular flexibility index (Phi) is 6.73. The van der Waals surface area contributed by atoms with Crippen LogP contribution in [0, 0.1) is 0 Å². The standard InChI is InChI=1S/C21H26N4O3/c1-16(26)17-5-3-6-18(13-17)22-20(27)15-25-11-9-24(10-12-25)14-19-7-4-8-21(23-19)28-2/h3-8,13H,9-12,14-15H2,1-2H3,(H,22,27). The lowest BCUT2D eigenvalue weighted by atomic mass is 10.1. The molecule has 1 amide bonds. The molecular weight excluding hydrogens is 356 g/mol. The molecule has 148 valence electrons. The average Bonchev–Trinajstić information content (AvgIpc) is 2.70. The Morgan fingerprint density at radius 2 is 1.79 bits per heavy atom. The Balaban J connectivity index is 1.45. The van der Waals surface area contributed by atoms with Crippen molar-refractivity contribution >= 4 is 17.4 Å². The number of aromatic nitrogens is 1. The fraction of sp³-hybridized carbons (Fsp3) is 0.381. The number of amides is 1. The Hall–Kier alpha value is -2.77. The number of carbonyl (C=O) groups is 2. The van der Waals surface area contributed by atoms with Gasteiger partial charge in [-0.3, -0.25) is 19.4 Å². The molecule has 7 heteroatoms. The van der Waals surface area contributed by atoms with Gasteiger partial charge in [-0.05, 0) is 25.1 Å². The maximum atomic E-state index is 12.3. The zero-order chi connectivity index (χ0) is 19.9. The largest absolute Gasteiger partial charge is 0.481 e. The zero-order valence-corrected chi connectivity index (χ0v) is 16.4. The number of methoxy groups -OCH3 is 1. The fourth-order valence-corrected chi connectivity index (χ4v) is 3.21. The Bertz CT molecular complexity index is 832. The summed E-state index contributed by atoms with van der Waals surface area (Å²) in [6, 6.07) is 12.8. The van der Waals surface area contributed by atoms with Crippen LogP contribution in [0.1, 0.15) is 23.0 Å². The molecule has 1 N–H and O–H groups in total. The first-order valence-electron chi connectivity index (χ1n) is 9.39. The Morgan fingerprint density at radius 3 is 2.50 bits per heavy atom. The highest BCUT2D eigenvalue weighted by molar-refractivity contribution is 5.97. The van der Waals surface area contributed by atoms with Gasteiger partial charge in [-0.25, -0.2) is 4.98 Å². The molecule has 2 aromatic rings. The van der Waals surface area contributed by atoms with Gasteiger partial charge in [0.25, 0.3) is 0 Å². The van der Waals surface area contributed by atoms with Crippen molar-refractivity contribution in [3.8, 4) is 5.88 Å². The van der Waals surface area contributed by atoms with Gasteiger partial charge in [0.15, 0.2) is 5.78 Å². The molecule has 1 aliphatic heterocycles. The molecular formula is C21H26N4O3. The van der Waals surface area contributed by atoms with Gasteiger partial charge in [-0.2, -0.15) is 0 Å². The van der Waals surface area contributed by atoms with Crippen LogP contribution in [0.5, 0.6) is 5.88 Å². The van der Waals surface area contributed by atoms with Crippen LogP contribution in [0.3, 0.4) is 0 Å². The monoisotopic (exact) mass is 382 g/mol. The SMILES string of the molecule is COc1cccc(CN2CCN(CC(=O)Nc3cccc(C(C)=O)c3)CC2)n1. The number of Topliss-reactive ketones (excluding diaryl/α,β-unsaturated/α-hetero) is 1. The van der Waals surface area contributed by atoms with E-state index in [0.717, 1.165) is 38.4 Å². The first-order valence-corrected chi connectivity index (χ1v) is 9.39. The van der Waals surface area contributed by atoms with Crippen molar-refractivity contribution in [2.45, 2.75) is 13.5 Å². The summed E-state index contributed by atoms with van der Waals surface area (Å²) < 4.78 is 5.17. The minimum atomic E-state index is -0.0661. The van der Waals surface area contributed by atoms with E-state index in [9.17, 15) is 9.59 Å². The number of hydrogen-bond acceptors (Lipinski definition) is 6. The summed E-state index contributed by atoms with van der Waals surface area (Å²) in [4.78, 5) is 32.7. The first kappa shape index (κ1) is 20.0. The summed E-state index contributed by atoms with van der Waals surface area (Å²) in [6.07, 6.45) is 0. The molecule has 1 aromatic carbocycles. The summed E-state index contributed by atoms with van der Waals surface area (Å²) >= 11 is 0. The number of ketones is 1. The molecule has 0 atom stereocenters. The van der Waals surface area contributed by atoms with Gasteiger partial charge < -0.3 is 10.1 Å². The van der Waals surface area contributed by atoms with E-state index < -0.39 is 0 Å². The van der Waals surface area contributed by atoms with Gasteiger partial charge in [0.05, 0.1) is 19.3 Å². The summed E-state index contributed by atoms with van der Waals surface area (Å²) in [5, 5.41) is 2.88. The number of pyridine rings is 1. The second-order valence-electron chi connectivity index (χ2n) is 6.91. The highest BCUT2D eigenvalue weighted by Gasteiger charge is 2.19. The van der Waals surface area contributed by atoms with Crippen LogP contribution in [0.15, 0.2) is 42.5 Å². The normalized spacial score (nSPS) is 15.2. The number of benzene rings is 1. The quantitative estimate of drug-likeness (QED) is 0.739. The number of rotatable bonds is 7. The molecule has 1 fully saturated rings. The van der Waals surface area contributed by atoms with Crippen molar-refractivity contribution in [2.75, 3.05) is 45.2 Å². The zero-order valence-electron chi connectivity index (χ0n) is 16.4. The molecule has 3 rings (SSSR count). The molecule has 0 radical (unpaired) electrons. The van der Waals surface area contributed by atoms with Crippen molar-refractivity contribution in [3.05, 3.63) is 53.7 Å². The van der Waals surface area contributed by atoms with Crippen molar-refractivity contribution in [3.63, 3.8) is 0 Å². The van der Waals surface area contributed by atoms with Crippen molar-refractivity contribution in [1.29, 1.82) is 0 Å². The highest BCUT2D eigenvalue weighted by Crippen LogP contribution is 2.13. The number of anilines is 1. The van der Waals surface area contributed by atoms with Crippen molar-refractivity contribution in [2.24, 2.45) is 0 Å². The van der Waals surface area contributed by atoms with E-state index >= 15 is 0 Å². The summed E-state index contributed by atoms with van der Waals surface area (Å²) in [5.41, 5.74) is 2.23. The number of hydrogen-bond donors (Lipinski definition) is 1. The molecule has 1 saturated heterocycles. The van der Waals surface area contributed by atoms with Crippen LogP contribution in [0.2, 0.25) is 0 Å². The van der Waals surface area contributed by atoms with Gasteiger partial charge in [-0.1, -0.05) is 18.2 Å². The summed E-state index contributed by atoms with van der Waals surface area (Å²) in [7, 11) is 1.62. The molecule has 1 aromatic heterocycles. The van der Waals surface area contributed by atoms with E-state index in [1.165, 1.54) is 6.92 Å². The molecule has 1 aliphatic rings. The highest BCUT2D eigenvalue weighted by atomic mass is 16.5. The third-order valence-electron chi connectivity index (χ3n) is 4.76. The third kappa shape index (κ3) is 5.61. The summed E-state index contributed by atoms with van der Waals surface area (Å²) in [5.74, 6) is 0.544. The van der Waals surface area contributed by atoms with Gasteiger partial charge >= 0.3 is 0 Å². The van der Waals surface area contributed by atoms with Gasteiger partial charge in [0.2, 0.25) is 11.8 Å². The van der Waals surface area contributed by atoms with Crippen LogP contribution in [-0.2, 0) is 11.3 Å². The predicted molar refractivity (Wildman–Crippen MR) is 108 cm³/mol. The fourth-order valence-electron chi connectivity index (χ4n) is 3.21. The number of piperazine rings is 1. The van der Waals surface area contributed by atoms with Gasteiger partial charge in [0, 0.05) is 50.0 Å². The number of ether oxygens (including phenoxy) is 1. The third-order valence-corrected chi connectivity index (χ3v) is 4.76. The molecule has 28 heavy (non-hydrogen) atoms. The molecule has 2 heterocycles. The average molecular weight is 382 g/mol. The van der Waals surface area contributed by atoms with E-state index in [0.29, 0.717) is 23.7 Å². The molecule has 0 bridgehead atoms. The van der Waals surface area contributed by atoms with E-state index in [1.54, 1.807) is 31.4 Å². The van der Waals surface area contributed by atoms with Crippen LogP contribution >= 0.6 is 0 Å². The van der Waals surface area contributed by atoms with E-state index in [4.69, 9.17) is 4.74 Å². The maximum absolute atomic E-state index is 12.3.